The van der Waals surface area contributed by atoms with Gasteiger partial charge in [0, 0.05) is 5.54 Å². The summed E-state index contributed by atoms with van der Waals surface area (Å²) in [7, 11) is 0. The first-order valence-corrected chi connectivity index (χ1v) is 7.84. The fourth-order valence-electron chi connectivity index (χ4n) is 2.36. The van der Waals surface area contributed by atoms with Gasteiger partial charge in [-0.2, -0.15) is 0 Å². The molecule has 0 aromatic carbocycles. The lowest BCUT2D eigenvalue weighted by molar-refractivity contribution is -0.119. The average Bonchev–Trinajstić information content (AvgIpc) is 2.63. The molecule has 1 amide bonds. The van der Waals surface area contributed by atoms with Crippen LogP contribution >= 0.6 is 11.6 Å². The lowest BCUT2D eigenvalue weighted by Gasteiger charge is -2.24. The van der Waals surface area contributed by atoms with Crippen LogP contribution in [0.3, 0.4) is 0 Å². The summed E-state index contributed by atoms with van der Waals surface area (Å²) >= 11 is 6.14. The van der Waals surface area contributed by atoms with Crippen molar-refractivity contribution in [3.63, 3.8) is 0 Å². The van der Waals surface area contributed by atoms with Crippen LogP contribution in [0.15, 0.2) is 6.07 Å². The standard InChI is InChI=1S/C16H23ClN4O2/c1-9-7-10-13(20-12(9)17)21(15(2,3)4)14(18-10)19-11(22)8-16(5,6)23/h7,23H,8H2,1-6H3,(H,18,19,22). The fourth-order valence-corrected chi connectivity index (χ4v) is 2.49. The van der Waals surface area contributed by atoms with Crippen molar-refractivity contribution < 1.29 is 9.90 Å². The van der Waals surface area contributed by atoms with Crippen molar-refractivity contribution in [1.82, 2.24) is 14.5 Å². The van der Waals surface area contributed by atoms with E-state index in [4.69, 9.17) is 11.6 Å². The normalized spacial score (nSPS) is 12.7. The van der Waals surface area contributed by atoms with Crippen LogP contribution in [0, 0.1) is 6.92 Å². The second-order valence-corrected chi connectivity index (χ2v) is 7.78. The Bertz CT molecular complexity index is 754. The summed E-state index contributed by atoms with van der Waals surface area (Å²) in [4.78, 5) is 21.0. The van der Waals surface area contributed by atoms with Crippen molar-refractivity contribution in [2.24, 2.45) is 0 Å². The lowest BCUT2D eigenvalue weighted by atomic mass is 10.1. The van der Waals surface area contributed by atoms with Crippen molar-refractivity contribution in [2.75, 3.05) is 5.32 Å². The Hall–Kier alpha value is -1.66. The van der Waals surface area contributed by atoms with E-state index in [1.54, 1.807) is 13.8 Å². The molecule has 0 saturated carbocycles. The Morgan fingerprint density at radius 3 is 2.43 bits per heavy atom. The van der Waals surface area contributed by atoms with Crippen molar-refractivity contribution in [3.05, 3.63) is 16.8 Å². The maximum absolute atomic E-state index is 12.1. The molecule has 0 spiro atoms. The summed E-state index contributed by atoms with van der Waals surface area (Å²) in [6.45, 7) is 11.0. The molecule has 0 aliphatic heterocycles. The Labute approximate surface area is 140 Å². The van der Waals surface area contributed by atoms with Gasteiger partial charge in [-0.05, 0) is 53.2 Å². The molecule has 0 atom stereocenters. The highest BCUT2D eigenvalue weighted by molar-refractivity contribution is 6.30. The van der Waals surface area contributed by atoms with Crippen LogP contribution in [0.2, 0.25) is 5.15 Å². The highest BCUT2D eigenvalue weighted by atomic mass is 35.5. The van der Waals surface area contributed by atoms with E-state index < -0.39 is 5.60 Å². The SMILES string of the molecule is Cc1cc2nc(NC(=O)CC(C)(C)O)n(C(C)(C)C)c2nc1Cl. The first-order chi connectivity index (χ1) is 10.4. The molecule has 2 aromatic rings. The molecule has 0 radical (unpaired) electrons. The topological polar surface area (TPSA) is 80.0 Å². The van der Waals surface area contributed by atoms with Crippen molar-refractivity contribution in [1.29, 1.82) is 0 Å². The third kappa shape index (κ3) is 4.00. The lowest BCUT2D eigenvalue weighted by Crippen LogP contribution is -2.30. The number of rotatable bonds is 3. The van der Waals surface area contributed by atoms with Crippen molar-refractivity contribution >= 4 is 34.6 Å². The van der Waals surface area contributed by atoms with E-state index >= 15 is 0 Å². The van der Waals surface area contributed by atoms with Crippen LogP contribution in [0.4, 0.5) is 5.95 Å². The van der Waals surface area contributed by atoms with Gasteiger partial charge < -0.3 is 5.11 Å². The predicted octanol–water partition coefficient (Wildman–Crippen LogP) is 3.25. The van der Waals surface area contributed by atoms with E-state index in [0.29, 0.717) is 22.3 Å². The number of pyridine rings is 1. The summed E-state index contributed by atoms with van der Waals surface area (Å²) in [5.41, 5.74) is 0.678. The zero-order valence-electron chi connectivity index (χ0n) is 14.4. The Balaban J connectivity index is 2.53. The van der Waals surface area contributed by atoms with Gasteiger partial charge in [0.25, 0.3) is 0 Å². The first-order valence-electron chi connectivity index (χ1n) is 7.47. The van der Waals surface area contributed by atoms with Gasteiger partial charge >= 0.3 is 0 Å². The summed E-state index contributed by atoms with van der Waals surface area (Å²) < 4.78 is 1.84. The number of amides is 1. The van der Waals surface area contributed by atoms with Crippen LogP contribution in [-0.2, 0) is 10.3 Å². The monoisotopic (exact) mass is 338 g/mol. The summed E-state index contributed by atoms with van der Waals surface area (Å²) in [6.07, 6.45) is -0.0203. The summed E-state index contributed by atoms with van der Waals surface area (Å²) in [5, 5.41) is 13.0. The van der Waals surface area contributed by atoms with Crippen LogP contribution in [-0.4, -0.2) is 31.1 Å². The number of imidazole rings is 1. The van der Waals surface area contributed by atoms with Crippen LogP contribution in [0.1, 0.15) is 46.6 Å². The van der Waals surface area contributed by atoms with Gasteiger partial charge in [-0.1, -0.05) is 11.6 Å². The number of aryl methyl sites for hydroxylation is 1. The van der Waals surface area contributed by atoms with E-state index in [1.165, 1.54) is 0 Å². The van der Waals surface area contributed by atoms with Gasteiger partial charge in [0.2, 0.25) is 11.9 Å². The number of hydrogen-bond donors (Lipinski definition) is 2. The fraction of sp³-hybridized carbons (Fsp3) is 0.562. The number of carbonyl (C=O) groups is 1. The maximum atomic E-state index is 12.1. The molecule has 126 valence electrons. The van der Waals surface area contributed by atoms with E-state index in [1.807, 2.05) is 38.3 Å². The number of aliphatic hydroxyl groups is 1. The van der Waals surface area contributed by atoms with Gasteiger partial charge in [0.1, 0.15) is 10.7 Å². The van der Waals surface area contributed by atoms with Gasteiger partial charge in [-0.25, -0.2) is 9.97 Å². The van der Waals surface area contributed by atoms with E-state index in [0.717, 1.165) is 5.56 Å². The third-order valence-corrected chi connectivity index (χ3v) is 3.66. The zero-order valence-corrected chi connectivity index (χ0v) is 15.1. The quantitative estimate of drug-likeness (QED) is 0.842. The van der Waals surface area contributed by atoms with Crippen molar-refractivity contribution in [2.45, 2.75) is 59.1 Å². The number of carbonyl (C=O) groups excluding carboxylic acids is 1. The van der Waals surface area contributed by atoms with Gasteiger partial charge in [-0.15, -0.1) is 0 Å². The molecule has 0 aliphatic rings. The van der Waals surface area contributed by atoms with Crippen molar-refractivity contribution in [3.8, 4) is 0 Å². The molecule has 2 rings (SSSR count). The highest BCUT2D eigenvalue weighted by Gasteiger charge is 2.26. The number of nitrogens with zero attached hydrogens (tertiary/aromatic N) is 3. The molecule has 6 nitrogen and oxygen atoms in total. The largest absolute Gasteiger partial charge is 0.390 e. The molecular formula is C16H23ClN4O2. The van der Waals surface area contributed by atoms with E-state index in [-0.39, 0.29) is 17.9 Å². The minimum Gasteiger partial charge on any atom is -0.390 e. The number of nitrogens with one attached hydrogen (secondary N) is 1. The minimum absolute atomic E-state index is 0.0203. The van der Waals surface area contributed by atoms with E-state index in [9.17, 15) is 9.90 Å². The smallest absolute Gasteiger partial charge is 0.229 e. The molecule has 2 aromatic heterocycles. The second-order valence-electron chi connectivity index (χ2n) is 7.42. The molecule has 0 bridgehead atoms. The minimum atomic E-state index is -1.08. The maximum Gasteiger partial charge on any atom is 0.229 e. The summed E-state index contributed by atoms with van der Waals surface area (Å²) in [6, 6.07) is 1.85. The molecule has 0 aliphatic carbocycles. The van der Waals surface area contributed by atoms with Gasteiger partial charge in [-0.3, -0.25) is 14.7 Å². The predicted molar refractivity (Wildman–Crippen MR) is 91.8 cm³/mol. The van der Waals surface area contributed by atoms with Gasteiger partial charge in [0.15, 0.2) is 5.65 Å². The average molecular weight is 339 g/mol. The zero-order chi connectivity index (χ0) is 17.6. The molecule has 0 unspecified atom stereocenters. The second kappa shape index (κ2) is 5.76. The Morgan fingerprint density at radius 1 is 1.30 bits per heavy atom. The highest BCUT2D eigenvalue weighted by Crippen LogP contribution is 2.29. The molecule has 0 saturated heterocycles. The number of anilines is 1. The van der Waals surface area contributed by atoms with Crippen LogP contribution < -0.4 is 5.32 Å². The van der Waals surface area contributed by atoms with Crippen LogP contribution in [0.5, 0.6) is 0 Å². The van der Waals surface area contributed by atoms with Crippen LogP contribution in [0.25, 0.3) is 11.2 Å². The summed E-state index contributed by atoms with van der Waals surface area (Å²) in [5.74, 6) is 0.0945. The number of fused-ring (bicyclic) bond motifs is 1. The molecular weight excluding hydrogens is 316 g/mol. The Morgan fingerprint density at radius 2 is 1.91 bits per heavy atom. The molecule has 0 fully saturated rings. The number of aromatic nitrogens is 3. The van der Waals surface area contributed by atoms with Gasteiger partial charge in [0.05, 0.1) is 12.0 Å². The number of halogens is 1. The first kappa shape index (κ1) is 17.7. The third-order valence-electron chi connectivity index (χ3n) is 3.28. The van der Waals surface area contributed by atoms with E-state index in [2.05, 4.69) is 15.3 Å². The number of hydrogen-bond acceptors (Lipinski definition) is 4. The molecule has 7 heteroatoms. The Kier molecular flexibility index (Phi) is 4.43. The molecule has 2 N–H and O–H groups in total. The molecule has 23 heavy (non-hydrogen) atoms. The molecule has 2 heterocycles.